The molecule has 3 aromatic rings. The van der Waals surface area contributed by atoms with E-state index in [2.05, 4.69) is 41.7 Å². The highest BCUT2D eigenvalue weighted by atomic mass is 32.1. The molecule has 0 saturated carbocycles. The number of aromatic nitrogens is 1. The molecular formula is C24H31N2O4PS. The van der Waals surface area contributed by atoms with E-state index in [1.807, 2.05) is 23.6 Å². The molecule has 0 aliphatic rings. The quantitative estimate of drug-likeness (QED) is 0.224. The van der Waals surface area contributed by atoms with E-state index >= 15 is 0 Å². The van der Waals surface area contributed by atoms with Crippen molar-refractivity contribution in [3.05, 3.63) is 71.2 Å². The second kappa shape index (κ2) is 14.2. The van der Waals surface area contributed by atoms with Crippen LogP contribution in [0.3, 0.4) is 0 Å². The van der Waals surface area contributed by atoms with Crippen molar-refractivity contribution >= 4 is 19.6 Å². The second-order valence-corrected chi connectivity index (χ2v) is 9.18. The van der Waals surface area contributed by atoms with Crippen molar-refractivity contribution < 1.29 is 18.7 Å². The summed E-state index contributed by atoms with van der Waals surface area (Å²) >= 11 is 1.65. The molecular weight excluding hydrogens is 443 g/mol. The minimum atomic E-state index is -2.84. The summed E-state index contributed by atoms with van der Waals surface area (Å²) in [5, 5.41) is 5.34. The molecule has 0 radical (unpaired) electrons. The Morgan fingerprint density at radius 2 is 1.84 bits per heavy atom. The lowest BCUT2D eigenvalue weighted by molar-refractivity contribution is 0.276. The summed E-state index contributed by atoms with van der Waals surface area (Å²) in [6.07, 6.45) is 5.08. The Bertz CT molecular complexity index is 938. The number of hydrogen-bond acceptors (Lipinski definition) is 6. The Morgan fingerprint density at radius 3 is 2.62 bits per heavy atom. The summed E-state index contributed by atoms with van der Waals surface area (Å²) in [6, 6.07) is 18.7. The van der Waals surface area contributed by atoms with E-state index in [4.69, 9.17) is 19.1 Å². The van der Waals surface area contributed by atoms with Gasteiger partial charge in [0.1, 0.15) is 11.4 Å². The van der Waals surface area contributed by atoms with Crippen LogP contribution in [0, 0.1) is 0 Å². The standard InChI is InChI=1S/C24H31N2O4PS/c27-31(28)30-17-8-15-25-19-21-13-14-22(24(26-21)23-12-7-18-32-23)29-16-6-2-5-11-20-9-3-1-4-10-20/h1,3-4,7,9-10,12-14,18,25,31H,2,5-6,8,11,15-17,19H2,(H,27,28). The van der Waals surface area contributed by atoms with Gasteiger partial charge in [0.05, 0.1) is 23.8 Å². The maximum Gasteiger partial charge on any atom is 0.316 e. The number of nitrogens with one attached hydrogen (secondary N) is 1. The molecule has 1 unspecified atom stereocenters. The van der Waals surface area contributed by atoms with Crippen LogP contribution in [-0.4, -0.2) is 29.6 Å². The lowest BCUT2D eigenvalue weighted by atomic mass is 10.1. The largest absolute Gasteiger partial charge is 0.491 e. The van der Waals surface area contributed by atoms with Crippen molar-refractivity contribution in [2.45, 2.75) is 38.6 Å². The highest BCUT2D eigenvalue weighted by Gasteiger charge is 2.11. The molecule has 172 valence electrons. The van der Waals surface area contributed by atoms with Gasteiger partial charge >= 0.3 is 8.25 Å². The predicted octanol–water partition coefficient (Wildman–Crippen LogP) is 5.48. The first-order chi connectivity index (χ1) is 15.7. The summed E-state index contributed by atoms with van der Waals surface area (Å²) < 4.78 is 21.3. The van der Waals surface area contributed by atoms with Crippen LogP contribution < -0.4 is 10.1 Å². The molecule has 2 aromatic heterocycles. The number of nitrogens with zero attached hydrogens (tertiary/aromatic N) is 1. The highest BCUT2D eigenvalue weighted by molar-refractivity contribution is 7.32. The van der Waals surface area contributed by atoms with Crippen LogP contribution in [0.15, 0.2) is 60.0 Å². The average Bonchev–Trinajstić information content (AvgIpc) is 3.34. The van der Waals surface area contributed by atoms with Gasteiger partial charge in [0.15, 0.2) is 0 Å². The Kier molecular flexibility index (Phi) is 10.9. The van der Waals surface area contributed by atoms with E-state index < -0.39 is 8.25 Å². The fraction of sp³-hybridized carbons (Fsp3) is 0.375. The van der Waals surface area contributed by atoms with Crippen molar-refractivity contribution in [3.8, 4) is 16.3 Å². The number of ether oxygens (including phenoxy) is 1. The van der Waals surface area contributed by atoms with Gasteiger partial charge in [-0.3, -0.25) is 4.57 Å². The molecule has 0 aliphatic carbocycles. The van der Waals surface area contributed by atoms with E-state index in [0.29, 0.717) is 26.1 Å². The smallest absolute Gasteiger partial charge is 0.316 e. The molecule has 0 saturated heterocycles. The minimum absolute atomic E-state index is 0.271. The lowest BCUT2D eigenvalue weighted by Gasteiger charge is -2.12. The van der Waals surface area contributed by atoms with Gasteiger partial charge in [-0.2, -0.15) is 0 Å². The molecule has 0 fully saturated rings. The Labute approximate surface area is 194 Å². The molecule has 0 amide bonds. The fourth-order valence-electron chi connectivity index (χ4n) is 3.30. The minimum Gasteiger partial charge on any atom is -0.491 e. The molecule has 1 atom stereocenters. The number of thiophene rings is 1. The van der Waals surface area contributed by atoms with Crippen molar-refractivity contribution in [3.63, 3.8) is 0 Å². The van der Waals surface area contributed by atoms with Crippen LogP contribution in [0.1, 0.15) is 36.9 Å². The molecule has 2 N–H and O–H groups in total. The predicted molar refractivity (Wildman–Crippen MR) is 131 cm³/mol. The van der Waals surface area contributed by atoms with Crippen molar-refractivity contribution in [2.24, 2.45) is 0 Å². The Hall–Kier alpha value is -2.02. The molecule has 0 spiro atoms. The molecule has 32 heavy (non-hydrogen) atoms. The first-order valence-corrected chi connectivity index (χ1v) is 13.1. The van der Waals surface area contributed by atoms with E-state index in [1.54, 1.807) is 11.3 Å². The second-order valence-electron chi connectivity index (χ2n) is 7.42. The van der Waals surface area contributed by atoms with Gasteiger partial charge < -0.3 is 19.5 Å². The third-order valence-electron chi connectivity index (χ3n) is 4.91. The fourth-order valence-corrected chi connectivity index (χ4v) is 4.34. The van der Waals surface area contributed by atoms with E-state index in [1.165, 1.54) is 5.56 Å². The molecule has 0 aliphatic heterocycles. The normalized spacial score (nSPS) is 12.0. The van der Waals surface area contributed by atoms with Gasteiger partial charge in [0.2, 0.25) is 0 Å². The summed E-state index contributed by atoms with van der Waals surface area (Å²) in [5.41, 5.74) is 3.20. The zero-order chi connectivity index (χ0) is 22.4. The van der Waals surface area contributed by atoms with Gasteiger partial charge in [-0.1, -0.05) is 36.4 Å². The Morgan fingerprint density at radius 1 is 0.969 bits per heavy atom. The molecule has 1 aromatic carbocycles. The maximum absolute atomic E-state index is 10.5. The first-order valence-electron chi connectivity index (χ1n) is 11.0. The van der Waals surface area contributed by atoms with Crippen molar-refractivity contribution in [1.82, 2.24) is 10.3 Å². The van der Waals surface area contributed by atoms with Crippen molar-refractivity contribution in [1.29, 1.82) is 0 Å². The number of rotatable bonds is 15. The van der Waals surface area contributed by atoms with Crippen LogP contribution in [0.5, 0.6) is 5.75 Å². The van der Waals surface area contributed by atoms with Crippen molar-refractivity contribution in [2.75, 3.05) is 19.8 Å². The van der Waals surface area contributed by atoms with Gasteiger partial charge in [-0.15, -0.1) is 11.3 Å². The molecule has 6 nitrogen and oxygen atoms in total. The average molecular weight is 475 g/mol. The molecule has 0 bridgehead atoms. The van der Waals surface area contributed by atoms with E-state index in [0.717, 1.165) is 47.7 Å². The van der Waals surface area contributed by atoms with Crippen LogP contribution >= 0.6 is 19.6 Å². The zero-order valence-electron chi connectivity index (χ0n) is 18.2. The summed E-state index contributed by atoms with van der Waals surface area (Å²) in [5.74, 6) is 0.820. The van der Waals surface area contributed by atoms with Crippen LogP contribution in [-0.2, 0) is 22.1 Å². The first kappa shape index (κ1) is 24.6. The van der Waals surface area contributed by atoms with Crippen LogP contribution in [0.4, 0.5) is 0 Å². The number of hydrogen-bond donors (Lipinski definition) is 2. The van der Waals surface area contributed by atoms with Gasteiger partial charge in [0, 0.05) is 6.54 Å². The summed E-state index contributed by atoms with van der Waals surface area (Å²) in [4.78, 5) is 14.6. The van der Waals surface area contributed by atoms with Crippen LogP contribution in [0.2, 0.25) is 0 Å². The zero-order valence-corrected chi connectivity index (χ0v) is 20.0. The van der Waals surface area contributed by atoms with E-state index in [-0.39, 0.29) is 6.61 Å². The monoisotopic (exact) mass is 474 g/mol. The lowest BCUT2D eigenvalue weighted by Crippen LogP contribution is -2.17. The van der Waals surface area contributed by atoms with E-state index in [9.17, 15) is 4.57 Å². The SMILES string of the molecule is O=[PH](O)OCCCNCc1ccc(OCCCCCc2ccccc2)c(-c2cccs2)n1. The molecule has 3 rings (SSSR count). The number of unbranched alkanes of at least 4 members (excludes halogenated alkanes) is 2. The van der Waals surface area contributed by atoms with Crippen LogP contribution in [0.25, 0.3) is 10.6 Å². The highest BCUT2D eigenvalue weighted by Crippen LogP contribution is 2.32. The topological polar surface area (TPSA) is 80.7 Å². The Balaban J connectivity index is 1.45. The van der Waals surface area contributed by atoms with Gasteiger partial charge in [-0.25, -0.2) is 4.98 Å². The van der Waals surface area contributed by atoms with Gasteiger partial charge in [0.25, 0.3) is 0 Å². The number of pyridine rings is 1. The number of benzene rings is 1. The third kappa shape index (κ3) is 8.85. The van der Waals surface area contributed by atoms with Gasteiger partial charge in [-0.05, 0) is 67.8 Å². The maximum atomic E-state index is 10.5. The molecule has 8 heteroatoms. The molecule has 2 heterocycles. The summed E-state index contributed by atoms with van der Waals surface area (Å²) in [7, 11) is -2.84. The summed E-state index contributed by atoms with van der Waals surface area (Å²) in [6.45, 7) is 2.26. The number of aryl methyl sites for hydroxylation is 1. The third-order valence-corrected chi connectivity index (χ3v) is 6.24.